The number of hydrogen-bond donors (Lipinski definition) is 0. The van der Waals surface area contributed by atoms with Crippen molar-refractivity contribution in [2.75, 3.05) is 6.61 Å². The van der Waals surface area contributed by atoms with Gasteiger partial charge in [-0.05, 0) is 26.2 Å². The second-order valence-corrected chi connectivity index (χ2v) is 4.05. The molecule has 0 bridgehead atoms. The van der Waals surface area contributed by atoms with Gasteiger partial charge in [0.15, 0.2) is 0 Å². The second kappa shape index (κ2) is 2.94. The Kier molecular flexibility index (Phi) is 2.33. The summed E-state index contributed by atoms with van der Waals surface area (Å²) in [4.78, 5) is 10.5. The summed E-state index contributed by atoms with van der Waals surface area (Å²) in [6.45, 7) is 6.86. The maximum Gasteiger partial charge on any atom is 0.125 e. The zero-order chi connectivity index (χ0) is 8.48. The van der Waals surface area contributed by atoms with E-state index in [2.05, 4.69) is 20.8 Å². The van der Waals surface area contributed by atoms with E-state index in [9.17, 15) is 4.79 Å². The minimum absolute atomic E-state index is 0.0288. The molecule has 0 aliphatic carbocycles. The molecule has 0 spiro atoms. The van der Waals surface area contributed by atoms with E-state index in [4.69, 9.17) is 4.74 Å². The topological polar surface area (TPSA) is 26.3 Å². The van der Waals surface area contributed by atoms with Crippen molar-refractivity contribution < 1.29 is 9.53 Å². The Balaban J connectivity index is 2.54. The molecule has 2 nitrogen and oxygen atoms in total. The summed E-state index contributed by atoms with van der Waals surface area (Å²) < 4.78 is 5.51. The lowest BCUT2D eigenvalue weighted by Crippen LogP contribution is -2.39. The van der Waals surface area contributed by atoms with Crippen molar-refractivity contribution in [2.45, 2.75) is 32.8 Å². The van der Waals surface area contributed by atoms with Gasteiger partial charge in [0.25, 0.3) is 0 Å². The standard InChI is InChI=1S/C9H16O2/c1-7-4-9(2,3)11-6-8(7)5-10/h5,7-8H,4,6H2,1-3H3. The third-order valence-corrected chi connectivity index (χ3v) is 2.39. The highest BCUT2D eigenvalue weighted by molar-refractivity contribution is 5.54. The van der Waals surface area contributed by atoms with Crippen LogP contribution >= 0.6 is 0 Å². The van der Waals surface area contributed by atoms with Crippen LogP contribution in [0.4, 0.5) is 0 Å². The van der Waals surface area contributed by atoms with Crippen LogP contribution in [0.5, 0.6) is 0 Å². The van der Waals surface area contributed by atoms with Crippen molar-refractivity contribution in [2.24, 2.45) is 11.8 Å². The van der Waals surface area contributed by atoms with Gasteiger partial charge < -0.3 is 9.53 Å². The predicted octanol–water partition coefficient (Wildman–Crippen LogP) is 1.64. The maximum absolute atomic E-state index is 10.5. The van der Waals surface area contributed by atoms with Gasteiger partial charge >= 0.3 is 0 Å². The number of carbonyl (C=O) groups is 1. The summed E-state index contributed by atoms with van der Waals surface area (Å²) in [5, 5.41) is 0. The molecule has 0 aromatic heterocycles. The van der Waals surface area contributed by atoms with E-state index in [-0.39, 0.29) is 11.5 Å². The molecule has 0 aromatic rings. The Labute approximate surface area is 67.9 Å². The lowest BCUT2D eigenvalue weighted by atomic mass is 9.83. The fraction of sp³-hybridized carbons (Fsp3) is 0.889. The Bertz CT molecular complexity index is 152. The SMILES string of the molecule is CC1CC(C)(C)OCC1C=O. The summed E-state index contributed by atoms with van der Waals surface area (Å²) >= 11 is 0. The molecule has 11 heavy (non-hydrogen) atoms. The van der Waals surface area contributed by atoms with Crippen molar-refractivity contribution in [3.63, 3.8) is 0 Å². The lowest BCUT2D eigenvalue weighted by molar-refractivity contribution is -0.129. The largest absolute Gasteiger partial charge is 0.375 e. The van der Waals surface area contributed by atoms with Crippen molar-refractivity contribution in [1.29, 1.82) is 0 Å². The average molecular weight is 156 g/mol. The van der Waals surface area contributed by atoms with E-state index in [1.165, 1.54) is 0 Å². The highest BCUT2D eigenvalue weighted by Crippen LogP contribution is 2.30. The molecule has 1 saturated heterocycles. The molecule has 0 aromatic carbocycles. The van der Waals surface area contributed by atoms with E-state index in [1.807, 2.05) is 0 Å². The second-order valence-electron chi connectivity index (χ2n) is 4.05. The number of aldehydes is 1. The van der Waals surface area contributed by atoms with Crippen LogP contribution in [-0.4, -0.2) is 18.5 Å². The van der Waals surface area contributed by atoms with Gasteiger partial charge in [-0.25, -0.2) is 0 Å². The fourth-order valence-electron chi connectivity index (χ4n) is 1.65. The van der Waals surface area contributed by atoms with Gasteiger partial charge in [0.2, 0.25) is 0 Å². The zero-order valence-electron chi connectivity index (χ0n) is 7.46. The minimum Gasteiger partial charge on any atom is -0.375 e. The highest BCUT2D eigenvalue weighted by atomic mass is 16.5. The molecule has 1 aliphatic heterocycles. The average Bonchev–Trinajstić information content (AvgIpc) is 1.86. The summed E-state index contributed by atoms with van der Waals surface area (Å²) in [5.74, 6) is 0.583. The van der Waals surface area contributed by atoms with E-state index >= 15 is 0 Å². The maximum atomic E-state index is 10.5. The van der Waals surface area contributed by atoms with Crippen LogP contribution in [-0.2, 0) is 9.53 Å². The van der Waals surface area contributed by atoms with Crippen molar-refractivity contribution >= 4 is 6.29 Å². The summed E-state index contributed by atoms with van der Waals surface area (Å²) in [6, 6.07) is 0. The van der Waals surface area contributed by atoms with Crippen LogP contribution in [0.3, 0.4) is 0 Å². The molecule has 1 aliphatic rings. The minimum atomic E-state index is -0.0288. The van der Waals surface area contributed by atoms with E-state index in [1.54, 1.807) is 0 Å². The summed E-state index contributed by atoms with van der Waals surface area (Å²) in [7, 11) is 0. The Hall–Kier alpha value is -0.370. The van der Waals surface area contributed by atoms with Gasteiger partial charge in [-0.3, -0.25) is 0 Å². The van der Waals surface area contributed by atoms with Crippen LogP contribution in [0.1, 0.15) is 27.2 Å². The fourth-order valence-corrected chi connectivity index (χ4v) is 1.65. The van der Waals surface area contributed by atoms with Crippen LogP contribution in [0.25, 0.3) is 0 Å². The first-order chi connectivity index (χ1) is 5.05. The van der Waals surface area contributed by atoms with E-state index in [0.717, 1.165) is 12.7 Å². The first kappa shape index (κ1) is 8.72. The van der Waals surface area contributed by atoms with Crippen molar-refractivity contribution in [3.8, 4) is 0 Å². The Morgan fingerprint density at radius 1 is 1.55 bits per heavy atom. The predicted molar refractivity (Wildman–Crippen MR) is 43.4 cm³/mol. The number of rotatable bonds is 1. The smallest absolute Gasteiger partial charge is 0.125 e. The molecule has 2 atom stereocenters. The third kappa shape index (κ3) is 2.03. The van der Waals surface area contributed by atoms with Crippen molar-refractivity contribution in [1.82, 2.24) is 0 Å². The molecular formula is C9H16O2. The van der Waals surface area contributed by atoms with Gasteiger partial charge in [0.1, 0.15) is 6.29 Å². The van der Waals surface area contributed by atoms with Gasteiger partial charge in [0, 0.05) is 5.92 Å². The number of carbonyl (C=O) groups excluding carboxylic acids is 1. The first-order valence-corrected chi connectivity index (χ1v) is 4.14. The third-order valence-electron chi connectivity index (χ3n) is 2.39. The molecule has 1 fully saturated rings. The Morgan fingerprint density at radius 3 is 2.64 bits per heavy atom. The molecule has 0 N–H and O–H groups in total. The van der Waals surface area contributed by atoms with Crippen LogP contribution in [0, 0.1) is 11.8 Å². The molecule has 0 radical (unpaired) electrons. The van der Waals surface area contributed by atoms with Gasteiger partial charge in [-0.15, -0.1) is 0 Å². The quantitative estimate of drug-likeness (QED) is 0.539. The van der Waals surface area contributed by atoms with Crippen LogP contribution in [0.2, 0.25) is 0 Å². The molecule has 0 saturated carbocycles. The molecule has 2 heteroatoms. The van der Waals surface area contributed by atoms with E-state index in [0.29, 0.717) is 12.5 Å². The Morgan fingerprint density at radius 2 is 2.18 bits per heavy atom. The lowest BCUT2D eigenvalue weighted by Gasteiger charge is -2.37. The summed E-state index contributed by atoms with van der Waals surface area (Å²) in [6.07, 6.45) is 2.00. The van der Waals surface area contributed by atoms with Crippen molar-refractivity contribution in [3.05, 3.63) is 0 Å². The summed E-state index contributed by atoms with van der Waals surface area (Å²) in [5.41, 5.74) is -0.0288. The van der Waals surface area contributed by atoms with Crippen LogP contribution < -0.4 is 0 Å². The molecule has 0 amide bonds. The highest BCUT2D eigenvalue weighted by Gasteiger charge is 2.32. The molecule has 1 rings (SSSR count). The molecule has 64 valence electrons. The molecule has 1 heterocycles. The monoisotopic (exact) mass is 156 g/mol. The molecule has 2 unspecified atom stereocenters. The van der Waals surface area contributed by atoms with Crippen LogP contribution in [0.15, 0.2) is 0 Å². The van der Waals surface area contributed by atoms with Gasteiger partial charge in [-0.1, -0.05) is 6.92 Å². The number of ether oxygens (including phenoxy) is 1. The normalized spacial score (nSPS) is 36.6. The van der Waals surface area contributed by atoms with Gasteiger partial charge in [-0.2, -0.15) is 0 Å². The molecular weight excluding hydrogens is 140 g/mol. The van der Waals surface area contributed by atoms with Gasteiger partial charge in [0.05, 0.1) is 12.2 Å². The zero-order valence-corrected chi connectivity index (χ0v) is 7.46. The number of hydrogen-bond acceptors (Lipinski definition) is 2. The van der Waals surface area contributed by atoms with E-state index < -0.39 is 0 Å². The first-order valence-electron chi connectivity index (χ1n) is 4.14.